The summed E-state index contributed by atoms with van der Waals surface area (Å²) in [5.41, 5.74) is 6.06. The summed E-state index contributed by atoms with van der Waals surface area (Å²) in [5.74, 6) is 0. The van der Waals surface area contributed by atoms with Crippen molar-refractivity contribution in [2.24, 2.45) is 0 Å². The normalized spacial score (nSPS) is 11.6. The van der Waals surface area contributed by atoms with Crippen LogP contribution in [-0.4, -0.2) is 9.97 Å². The van der Waals surface area contributed by atoms with Gasteiger partial charge in [0.25, 0.3) is 0 Å². The standard InChI is InChI=1S/C20H14N2/c1-2-6-13(7-3-1)16-12-18-19(20-14(16)10-11-21-20)15-8-4-5-9-17(15)22-18/h1-12,21-22H. The fourth-order valence-corrected chi connectivity index (χ4v) is 3.42. The van der Waals surface area contributed by atoms with Crippen LogP contribution in [0.5, 0.6) is 0 Å². The Labute approximate surface area is 127 Å². The number of nitrogens with one attached hydrogen (secondary N) is 2. The van der Waals surface area contributed by atoms with Gasteiger partial charge in [-0.3, -0.25) is 0 Å². The lowest BCUT2D eigenvalue weighted by Gasteiger charge is -2.05. The van der Waals surface area contributed by atoms with Crippen molar-refractivity contribution < 1.29 is 0 Å². The molecule has 2 heteroatoms. The van der Waals surface area contributed by atoms with Gasteiger partial charge >= 0.3 is 0 Å². The van der Waals surface area contributed by atoms with E-state index in [1.165, 1.54) is 43.8 Å². The quantitative estimate of drug-likeness (QED) is 0.408. The van der Waals surface area contributed by atoms with Gasteiger partial charge in [-0.15, -0.1) is 0 Å². The zero-order valence-electron chi connectivity index (χ0n) is 11.9. The largest absolute Gasteiger partial charge is 0.361 e. The van der Waals surface area contributed by atoms with Crippen molar-refractivity contribution in [3.63, 3.8) is 0 Å². The molecular weight excluding hydrogens is 268 g/mol. The summed E-state index contributed by atoms with van der Waals surface area (Å²) in [6, 6.07) is 23.5. The van der Waals surface area contributed by atoms with Crippen LogP contribution < -0.4 is 0 Å². The first-order chi connectivity index (χ1) is 10.9. The zero-order chi connectivity index (χ0) is 14.5. The highest BCUT2D eigenvalue weighted by molar-refractivity contribution is 6.22. The number of rotatable bonds is 1. The Morgan fingerprint density at radius 1 is 0.682 bits per heavy atom. The molecule has 0 bridgehead atoms. The number of fused-ring (bicyclic) bond motifs is 5. The number of hydrogen-bond donors (Lipinski definition) is 2. The summed E-state index contributed by atoms with van der Waals surface area (Å²) in [6.07, 6.45) is 2.03. The van der Waals surface area contributed by atoms with Crippen LogP contribution in [0.3, 0.4) is 0 Å². The minimum atomic E-state index is 1.18. The van der Waals surface area contributed by atoms with Gasteiger partial charge in [-0.05, 0) is 29.3 Å². The second-order valence-corrected chi connectivity index (χ2v) is 5.65. The molecule has 0 unspecified atom stereocenters. The van der Waals surface area contributed by atoms with Crippen molar-refractivity contribution >= 4 is 32.7 Å². The van der Waals surface area contributed by atoms with Gasteiger partial charge in [0.15, 0.2) is 0 Å². The summed E-state index contributed by atoms with van der Waals surface area (Å²) in [5, 5.41) is 3.81. The van der Waals surface area contributed by atoms with Crippen molar-refractivity contribution in [3.05, 3.63) is 72.9 Å². The van der Waals surface area contributed by atoms with E-state index in [2.05, 4.69) is 76.7 Å². The minimum absolute atomic E-state index is 1.18. The number of para-hydroxylation sites is 1. The Bertz CT molecular complexity index is 1110. The molecule has 0 aliphatic rings. The van der Waals surface area contributed by atoms with Crippen molar-refractivity contribution in [1.82, 2.24) is 9.97 Å². The molecule has 104 valence electrons. The van der Waals surface area contributed by atoms with Crippen LogP contribution in [0.15, 0.2) is 72.9 Å². The highest BCUT2D eigenvalue weighted by Gasteiger charge is 2.13. The van der Waals surface area contributed by atoms with Gasteiger partial charge in [0.1, 0.15) is 0 Å². The van der Waals surface area contributed by atoms with Crippen LogP contribution in [-0.2, 0) is 0 Å². The van der Waals surface area contributed by atoms with Crippen LogP contribution in [0.25, 0.3) is 43.8 Å². The third-order valence-electron chi connectivity index (χ3n) is 4.40. The smallest absolute Gasteiger partial charge is 0.0561 e. The minimum Gasteiger partial charge on any atom is -0.361 e. The number of aromatic nitrogens is 2. The second kappa shape index (κ2) is 4.25. The van der Waals surface area contributed by atoms with Crippen LogP contribution in [0, 0.1) is 0 Å². The molecule has 0 fully saturated rings. The van der Waals surface area contributed by atoms with E-state index in [0.29, 0.717) is 0 Å². The molecule has 5 rings (SSSR count). The van der Waals surface area contributed by atoms with Gasteiger partial charge in [0.05, 0.1) is 5.52 Å². The van der Waals surface area contributed by atoms with Gasteiger partial charge in [-0.25, -0.2) is 0 Å². The fraction of sp³-hybridized carbons (Fsp3) is 0. The molecule has 22 heavy (non-hydrogen) atoms. The molecule has 2 N–H and O–H groups in total. The fourth-order valence-electron chi connectivity index (χ4n) is 3.42. The van der Waals surface area contributed by atoms with Crippen LogP contribution in [0.4, 0.5) is 0 Å². The summed E-state index contributed by atoms with van der Waals surface area (Å²) >= 11 is 0. The van der Waals surface area contributed by atoms with Gasteiger partial charge in [0, 0.05) is 33.4 Å². The second-order valence-electron chi connectivity index (χ2n) is 5.65. The molecule has 0 saturated heterocycles. The maximum Gasteiger partial charge on any atom is 0.0561 e. The summed E-state index contributed by atoms with van der Waals surface area (Å²) < 4.78 is 0. The Balaban J connectivity index is 2.00. The molecule has 0 amide bonds. The first-order valence-corrected chi connectivity index (χ1v) is 7.48. The van der Waals surface area contributed by atoms with E-state index in [4.69, 9.17) is 0 Å². The molecule has 2 heterocycles. The average Bonchev–Trinajstić information content (AvgIpc) is 3.18. The van der Waals surface area contributed by atoms with Gasteiger partial charge < -0.3 is 9.97 Å². The number of hydrogen-bond acceptors (Lipinski definition) is 0. The van der Waals surface area contributed by atoms with E-state index in [9.17, 15) is 0 Å². The van der Waals surface area contributed by atoms with Crippen molar-refractivity contribution in [2.45, 2.75) is 0 Å². The topological polar surface area (TPSA) is 31.6 Å². The molecule has 0 aliphatic heterocycles. The highest BCUT2D eigenvalue weighted by Crippen LogP contribution is 2.37. The van der Waals surface area contributed by atoms with E-state index in [-0.39, 0.29) is 0 Å². The van der Waals surface area contributed by atoms with E-state index in [1.807, 2.05) is 6.20 Å². The maximum atomic E-state index is 3.55. The van der Waals surface area contributed by atoms with Crippen molar-refractivity contribution in [3.8, 4) is 11.1 Å². The van der Waals surface area contributed by atoms with E-state index in [0.717, 1.165) is 0 Å². The average molecular weight is 282 g/mol. The van der Waals surface area contributed by atoms with Crippen LogP contribution in [0.2, 0.25) is 0 Å². The molecule has 0 saturated carbocycles. The molecular formula is C20H14N2. The van der Waals surface area contributed by atoms with Crippen molar-refractivity contribution in [2.75, 3.05) is 0 Å². The van der Waals surface area contributed by atoms with Gasteiger partial charge in [-0.1, -0.05) is 48.5 Å². The summed E-state index contributed by atoms with van der Waals surface area (Å²) in [4.78, 5) is 6.98. The predicted molar refractivity (Wildman–Crippen MR) is 93.1 cm³/mol. The highest BCUT2D eigenvalue weighted by atomic mass is 14.7. The summed E-state index contributed by atoms with van der Waals surface area (Å²) in [7, 11) is 0. The lowest BCUT2D eigenvalue weighted by atomic mass is 9.99. The number of H-pyrrole nitrogens is 2. The SMILES string of the molecule is c1ccc(-c2cc3[nH]c4ccccc4c3c3[nH]ccc23)cc1. The predicted octanol–water partition coefficient (Wildman–Crippen LogP) is 5.47. The Hall–Kier alpha value is -3.00. The third kappa shape index (κ3) is 1.49. The van der Waals surface area contributed by atoms with Crippen LogP contribution in [0.1, 0.15) is 0 Å². The Morgan fingerprint density at radius 3 is 2.41 bits per heavy atom. The molecule has 0 aliphatic carbocycles. The molecule has 3 aromatic carbocycles. The van der Waals surface area contributed by atoms with E-state index in [1.54, 1.807) is 0 Å². The number of aromatic amines is 2. The lowest BCUT2D eigenvalue weighted by molar-refractivity contribution is 1.49. The molecule has 0 radical (unpaired) electrons. The monoisotopic (exact) mass is 282 g/mol. The zero-order valence-corrected chi connectivity index (χ0v) is 11.9. The summed E-state index contributed by atoms with van der Waals surface area (Å²) in [6.45, 7) is 0. The lowest BCUT2D eigenvalue weighted by Crippen LogP contribution is -1.81. The Kier molecular flexibility index (Phi) is 2.25. The van der Waals surface area contributed by atoms with E-state index < -0.39 is 0 Å². The molecule has 0 spiro atoms. The van der Waals surface area contributed by atoms with Gasteiger partial charge in [-0.2, -0.15) is 0 Å². The Morgan fingerprint density at radius 2 is 1.50 bits per heavy atom. The van der Waals surface area contributed by atoms with Crippen molar-refractivity contribution in [1.29, 1.82) is 0 Å². The molecule has 2 aromatic heterocycles. The molecule has 2 nitrogen and oxygen atoms in total. The molecule has 0 atom stereocenters. The maximum absolute atomic E-state index is 3.55. The molecule has 5 aromatic rings. The van der Waals surface area contributed by atoms with Crippen LogP contribution >= 0.6 is 0 Å². The third-order valence-corrected chi connectivity index (χ3v) is 4.40. The first-order valence-electron chi connectivity index (χ1n) is 7.48. The van der Waals surface area contributed by atoms with E-state index >= 15 is 0 Å². The number of benzene rings is 3. The first kappa shape index (κ1) is 11.6. The van der Waals surface area contributed by atoms with Gasteiger partial charge in [0.2, 0.25) is 0 Å².